The van der Waals surface area contributed by atoms with Crippen molar-refractivity contribution in [1.29, 1.82) is 0 Å². The quantitative estimate of drug-likeness (QED) is 0.345. The fourth-order valence-corrected chi connectivity index (χ4v) is 4.10. The SMILES string of the molecule is Cc1n[nH]c(C)c1C(O)=C1C(=O)C(=O)N(Cc2cccnc2)[C@H]1c1ccc(Cl)c(Cl)c1. The van der Waals surface area contributed by atoms with E-state index >= 15 is 0 Å². The van der Waals surface area contributed by atoms with Gasteiger partial charge in [-0.15, -0.1) is 0 Å². The molecule has 1 saturated heterocycles. The summed E-state index contributed by atoms with van der Waals surface area (Å²) in [6, 6.07) is 7.57. The number of carbonyl (C=O) groups is 2. The Labute approximate surface area is 188 Å². The number of H-pyrrole nitrogens is 1. The predicted octanol–water partition coefficient (Wildman–Crippen LogP) is 4.35. The number of nitrogens with zero attached hydrogens (tertiary/aromatic N) is 3. The zero-order chi connectivity index (χ0) is 22.3. The predicted molar refractivity (Wildman–Crippen MR) is 117 cm³/mol. The zero-order valence-electron chi connectivity index (χ0n) is 16.7. The van der Waals surface area contributed by atoms with Crippen LogP contribution in [0.25, 0.3) is 5.76 Å². The fourth-order valence-electron chi connectivity index (χ4n) is 3.79. The van der Waals surface area contributed by atoms with E-state index in [1.807, 2.05) is 6.07 Å². The van der Waals surface area contributed by atoms with Gasteiger partial charge >= 0.3 is 0 Å². The van der Waals surface area contributed by atoms with Gasteiger partial charge in [-0.05, 0) is 43.2 Å². The van der Waals surface area contributed by atoms with E-state index < -0.39 is 17.7 Å². The van der Waals surface area contributed by atoms with Crippen molar-refractivity contribution in [3.8, 4) is 0 Å². The Morgan fingerprint density at radius 2 is 1.97 bits per heavy atom. The van der Waals surface area contributed by atoms with Crippen LogP contribution in [0.3, 0.4) is 0 Å². The first-order chi connectivity index (χ1) is 14.8. The van der Waals surface area contributed by atoms with Crippen molar-refractivity contribution in [3.05, 3.63) is 86.4 Å². The number of aromatic amines is 1. The van der Waals surface area contributed by atoms with Gasteiger partial charge in [-0.3, -0.25) is 19.7 Å². The number of pyridine rings is 1. The van der Waals surface area contributed by atoms with E-state index in [2.05, 4.69) is 15.2 Å². The number of aryl methyl sites for hydroxylation is 2. The molecule has 2 N–H and O–H groups in total. The van der Waals surface area contributed by atoms with Crippen LogP contribution in [0.1, 0.15) is 34.1 Å². The molecule has 0 unspecified atom stereocenters. The average molecular weight is 457 g/mol. The summed E-state index contributed by atoms with van der Waals surface area (Å²) in [5.41, 5.74) is 2.76. The van der Waals surface area contributed by atoms with Gasteiger partial charge in [-0.1, -0.05) is 35.3 Å². The molecule has 1 atom stereocenters. The Kier molecular flexibility index (Phi) is 5.56. The molecular weight excluding hydrogens is 439 g/mol. The minimum atomic E-state index is -0.858. The molecule has 0 spiro atoms. The van der Waals surface area contributed by atoms with Crippen LogP contribution >= 0.6 is 23.2 Å². The van der Waals surface area contributed by atoms with Crippen LogP contribution < -0.4 is 0 Å². The number of ketones is 1. The summed E-state index contributed by atoms with van der Waals surface area (Å²) in [7, 11) is 0. The van der Waals surface area contributed by atoms with E-state index in [0.29, 0.717) is 27.5 Å². The van der Waals surface area contributed by atoms with Crippen LogP contribution in [0.2, 0.25) is 10.0 Å². The molecule has 1 aromatic carbocycles. The number of hydrogen-bond donors (Lipinski definition) is 2. The molecule has 1 aliphatic rings. The molecule has 158 valence electrons. The van der Waals surface area contributed by atoms with Gasteiger partial charge in [0.15, 0.2) is 0 Å². The van der Waals surface area contributed by atoms with Crippen LogP contribution in [0.15, 0.2) is 48.3 Å². The molecule has 0 aliphatic carbocycles. The summed E-state index contributed by atoms with van der Waals surface area (Å²) in [4.78, 5) is 31.6. The first-order valence-electron chi connectivity index (χ1n) is 9.43. The Hall–Kier alpha value is -3.16. The fraction of sp³-hybridized carbons (Fsp3) is 0.182. The Bertz CT molecular complexity index is 1200. The van der Waals surface area contributed by atoms with Gasteiger partial charge in [-0.25, -0.2) is 0 Å². The zero-order valence-corrected chi connectivity index (χ0v) is 18.2. The summed E-state index contributed by atoms with van der Waals surface area (Å²) >= 11 is 12.3. The van der Waals surface area contributed by atoms with Gasteiger partial charge in [0, 0.05) is 24.6 Å². The lowest BCUT2D eigenvalue weighted by Gasteiger charge is -2.25. The Morgan fingerprint density at radius 1 is 1.19 bits per heavy atom. The largest absolute Gasteiger partial charge is 0.507 e. The maximum Gasteiger partial charge on any atom is 0.295 e. The first kappa shape index (κ1) is 21.1. The summed E-state index contributed by atoms with van der Waals surface area (Å²) < 4.78 is 0. The van der Waals surface area contributed by atoms with Crippen molar-refractivity contribution in [1.82, 2.24) is 20.1 Å². The highest BCUT2D eigenvalue weighted by Crippen LogP contribution is 2.42. The van der Waals surface area contributed by atoms with Gasteiger partial charge in [-0.2, -0.15) is 5.10 Å². The van der Waals surface area contributed by atoms with Crippen LogP contribution in [0.4, 0.5) is 0 Å². The number of rotatable bonds is 4. The maximum absolute atomic E-state index is 13.1. The van der Waals surface area contributed by atoms with Crippen molar-refractivity contribution >= 4 is 40.7 Å². The van der Waals surface area contributed by atoms with Crippen molar-refractivity contribution in [2.75, 3.05) is 0 Å². The highest BCUT2D eigenvalue weighted by Gasteiger charge is 2.46. The molecule has 2 aromatic heterocycles. The average Bonchev–Trinajstić information content (AvgIpc) is 3.21. The molecule has 4 rings (SSSR count). The minimum Gasteiger partial charge on any atom is -0.507 e. The second-order valence-electron chi connectivity index (χ2n) is 7.27. The van der Waals surface area contributed by atoms with Gasteiger partial charge in [0.2, 0.25) is 0 Å². The van der Waals surface area contributed by atoms with Crippen molar-refractivity contribution in [3.63, 3.8) is 0 Å². The van der Waals surface area contributed by atoms with E-state index in [4.69, 9.17) is 23.2 Å². The number of aliphatic hydroxyl groups excluding tert-OH is 1. The number of halogens is 2. The maximum atomic E-state index is 13.1. The molecule has 3 heterocycles. The highest BCUT2D eigenvalue weighted by molar-refractivity contribution is 6.46. The Balaban J connectivity index is 1.92. The lowest BCUT2D eigenvalue weighted by Crippen LogP contribution is -2.29. The van der Waals surface area contributed by atoms with E-state index in [-0.39, 0.29) is 22.9 Å². The van der Waals surface area contributed by atoms with E-state index in [9.17, 15) is 14.7 Å². The molecule has 9 heteroatoms. The number of likely N-dealkylation sites (tertiary alicyclic amines) is 1. The summed E-state index contributed by atoms with van der Waals surface area (Å²) in [6.07, 6.45) is 3.24. The summed E-state index contributed by atoms with van der Waals surface area (Å²) in [5, 5.41) is 18.6. The van der Waals surface area contributed by atoms with E-state index in [1.54, 1.807) is 50.5 Å². The van der Waals surface area contributed by atoms with Crippen LogP contribution in [0, 0.1) is 13.8 Å². The topological polar surface area (TPSA) is 99.2 Å². The van der Waals surface area contributed by atoms with E-state index in [0.717, 1.165) is 5.56 Å². The minimum absolute atomic E-state index is 0.0279. The molecule has 0 saturated carbocycles. The number of amides is 1. The third kappa shape index (κ3) is 3.71. The van der Waals surface area contributed by atoms with Gasteiger partial charge in [0.25, 0.3) is 11.7 Å². The highest BCUT2D eigenvalue weighted by atomic mass is 35.5. The third-order valence-electron chi connectivity index (χ3n) is 5.24. The lowest BCUT2D eigenvalue weighted by atomic mass is 9.94. The number of hydrogen-bond acceptors (Lipinski definition) is 5. The van der Waals surface area contributed by atoms with E-state index in [1.165, 1.54) is 4.90 Å². The van der Waals surface area contributed by atoms with Gasteiger partial charge in [0.05, 0.1) is 32.9 Å². The normalized spacial score (nSPS) is 18.1. The van der Waals surface area contributed by atoms with Crippen molar-refractivity contribution < 1.29 is 14.7 Å². The van der Waals surface area contributed by atoms with Gasteiger partial charge in [0.1, 0.15) is 5.76 Å². The summed E-state index contributed by atoms with van der Waals surface area (Å²) in [5.74, 6) is -1.79. The summed E-state index contributed by atoms with van der Waals surface area (Å²) in [6.45, 7) is 3.57. The number of aliphatic hydroxyl groups is 1. The number of benzene rings is 1. The number of aromatic nitrogens is 3. The van der Waals surface area contributed by atoms with Crippen LogP contribution in [-0.4, -0.2) is 36.9 Å². The van der Waals surface area contributed by atoms with Crippen molar-refractivity contribution in [2.24, 2.45) is 0 Å². The van der Waals surface area contributed by atoms with Gasteiger partial charge < -0.3 is 10.0 Å². The molecule has 1 fully saturated rings. The Morgan fingerprint density at radius 3 is 2.58 bits per heavy atom. The molecule has 0 radical (unpaired) electrons. The molecule has 1 aliphatic heterocycles. The first-order valence-corrected chi connectivity index (χ1v) is 10.2. The smallest absolute Gasteiger partial charge is 0.295 e. The molecule has 0 bridgehead atoms. The number of Topliss-reactive ketones (excluding diaryl/α,β-unsaturated/α-hetero) is 1. The van der Waals surface area contributed by atoms with Crippen LogP contribution in [0.5, 0.6) is 0 Å². The van der Waals surface area contributed by atoms with Crippen LogP contribution in [-0.2, 0) is 16.1 Å². The van der Waals surface area contributed by atoms with Crippen molar-refractivity contribution in [2.45, 2.75) is 26.4 Å². The third-order valence-corrected chi connectivity index (χ3v) is 5.98. The molecular formula is C22H18Cl2N4O3. The second kappa shape index (κ2) is 8.17. The number of nitrogens with one attached hydrogen (secondary N) is 1. The molecule has 7 nitrogen and oxygen atoms in total. The lowest BCUT2D eigenvalue weighted by molar-refractivity contribution is -0.140. The molecule has 31 heavy (non-hydrogen) atoms. The molecule has 3 aromatic rings. The second-order valence-corrected chi connectivity index (χ2v) is 8.09. The monoisotopic (exact) mass is 456 g/mol. The standard InChI is InChI=1S/C22H18Cl2N4O3/c1-11-17(12(2)27-26-11)20(29)18-19(14-5-6-15(23)16(24)8-14)28(22(31)21(18)30)10-13-4-3-7-25-9-13/h3-9,19,29H,10H2,1-2H3,(H,26,27)/t19-/m0/s1. The molecule has 1 amide bonds. The number of carbonyl (C=O) groups excluding carboxylic acids is 2.